The lowest BCUT2D eigenvalue weighted by Gasteiger charge is -2.10. The topological polar surface area (TPSA) is 38.7 Å². The third-order valence-electron chi connectivity index (χ3n) is 4.28. The summed E-state index contributed by atoms with van der Waals surface area (Å²) in [5.74, 6) is 1.71. The molecule has 3 heteroatoms. The van der Waals surface area contributed by atoms with E-state index in [9.17, 15) is 0 Å². The molecule has 3 nitrogen and oxygen atoms in total. The quantitative estimate of drug-likeness (QED) is 0.451. The Bertz CT molecular complexity index is 1170. The SMILES string of the molecule is [2H]c1cc(-c2nc(-c3ccc(-c4ccccc4)cc3)nc(C(C)C)n2)cc([2H])c1[2H]. The van der Waals surface area contributed by atoms with Crippen molar-refractivity contribution in [2.45, 2.75) is 19.8 Å². The molecule has 0 aliphatic carbocycles. The fourth-order valence-corrected chi connectivity index (χ4v) is 2.79. The Labute approximate surface area is 164 Å². The Morgan fingerprint density at radius 3 is 1.70 bits per heavy atom. The zero-order chi connectivity index (χ0) is 21.3. The van der Waals surface area contributed by atoms with Gasteiger partial charge in [0.2, 0.25) is 0 Å². The molecule has 132 valence electrons. The van der Waals surface area contributed by atoms with Crippen LogP contribution in [0.2, 0.25) is 0 Å². The smallest absolute Gasteiger partial charge is 0.163 e. The van der Waals surface area contributed by atoms with E-state index in [2.05, 4.69) is 27.1 Å². The van der Waals surface area contributed by atoms with E-state index in [-0.39, 0.29) is 24.0 Å². The first-order valence-corrected chi connectivity index (χ1v) is 8.92. The minimum Gasteiger partial charge on any atom is -0.213 e. The monoisotopic (exact) mass is 354 g/mol. The second-order valence-electron chi connectivity index (χ2n) is 6.60. The van der Waals surface area contributed by atoms with Gasteiger partial charge in [0.25, 0.3) is 0 Å². The Morgan fingerprint density at radius 2 is 1.11 bits per heavy atom. The number of hydrogen-bond donors (Lipinski definition) is 0. The molecule has 0 radical (unpaired) electrons. The van der Waals surface area contributed by atoms with Crippen molar-refractivity contribution in [3.8, 4) is 33.9 Å². The van der Waals surface area contributed by atoms with Gasteiger partial charge in [0.15, 0.2) is 11.6 Å². The fraction of sp³-hybridized carbons (Fsp3) is 0.125. The van der Waals surface area contributed by atoms with Gasteiger partial charge in [-0.05, 0) is 11.1 Å². The third-order valence-corrected chi connectivity index (χ3v) is 4.28. The molecule has 1 heterocycles. The van der Waals surface area contributed by atoms with Gasteiger partial charge in [0.1, 0.15) is 5.82 Å². The summed E-state index contributed by atoms with van der Waals surface area (Å²) in [4.78, 5) is 13.8. The molecule has 0 aliphatic rings. The van der Waals surface area contributed by atoms with Crippen LogP contribution in [0.1, 0.15) is 29.7 Å². The molecule has 4 rings (SSSR count). The maximum absolute atomic E-state index is 7.93. The highest BCUT2D eigenvalue weighted by molar-refractivity contribution is 5.68. The van der Waals surface area contributed by atoms with Crippen molar-refractivity contribution in [1.29, 1.82) is 0 Å². The van der Waals surface area contributed by atoms with Crippen LogP contribution in [0.3, 0.4) is 0 Å². The highest BCUT2D eigenvalue weighted by atomic mass is 15.0. The van der Waals surface area contributed by atoms with E-state index in [1.54, 1.807) is 0 Å². The highest BCUT2D eigenvalue weighted by Gasteiger charge is 2.12. The first kappa shape index (κ1) is 13.8. The van der Waals surface area contributed by atoms with E-state index in [1.165, 1.54) is 12.1 Å². The van der Waals surface area contributed by atoms with Crippen LogP contribution in [-0.4, -0.2) is 15.0 Å². The summed E-state index contributed by atoms with van der Waals surface area (Å²) in [6.45, 7) is 4.03. The highest BCUT2D eigenvalue weighted by Crippen LogP contribution is 2.25. The molecule has 27 heavy (non-hydrogen) atoms. The van der Waals surface area contributed by atoms with Crippen molar-refractivity contribution in [2.24, 2.45) is 0 Å². The van der Waals surface area contributed by atoms with Crippen molar-refractivity contribution >= 4 is 0 Å². The molecule has 0 amide bonds. The summed E-state index contributed by atoms with van der Waals surface area (Å²) in [5, 5.41) is 0. The fourth-order valence-electron chi connectivity index (χ4n) is 2.79. The van der Waals surface area contributed by atoms with Crippen molar-refractivity contribution in [2.75, 3.05) is 0 Å². The second-order valence-corrected chi connectivity index (χ2v) is 6.60. The summed E-state index contributed by atoms with van der Waals surface area (Å²) < 4.78 is 23.6. The van der Waals surface area contributed by atoms with E-state index in [0.29, 0.717) is 23.0 Å². The van der Waals surface area contributed by atoms with Crippen LogP contribution in [-0.2, 0) is 0 Å². The summed E-state index contributed by atoms with van der Waals surface area (Å²) in [6.07, 6.45) is 0. The van der Waals surface area contributed by atoms with E-state index in [1.807, 2.05) is 56.3 Å². The van der Waals surface area contributed by atoms with Gasteiger partial charge < -0.3 is 0 Å². The molecule has 0 spiro atoms. The summed E-state index contributed by atoms with van der Waals surface area (Å²) in [7, 11) is 0. The van der Waals surface area contributed by atoms with Gasteiger partial charge in [-0.2, -0.15) is 0 Å². The molecule has 4 aromatic rings. The van der Waals surface area contributed by atoms with Crippen molar-refractivity contribution in [3.63, 3.8) is 0 Å². The average molecular weight is 354 g/mol. The Morgan fingerprint density at radius 1 is 0.593 bits per heavy atom. The minimum absolute atomic E-state index is 0.0160. The molecular weight excluding hydrogens is 330 g/mol. The van der Waals surface area contributed by atoms with Crippen LogP contribution < -0.4 is 0 Å². The number of benzene rings is 3. The Hall–Kier alpha value is -3.33. The van der Waals surface area contributed by atoms with Crippen molar-refractivity contribution in [1.82, 2.24) is 15.0 Å². The maximum atomic E-state index is 7.93. The molecule has 3 aromatic carbocycles. The van der Waals surface area contributed by atoms with E-state index >= 15 is 0 Å². The molecule has 0 saturated heterocycles. The molecule has 0 bridgehead atoms. The molecule has 0 aliphatic heterocycles. The summed E-state index contributed by atoms with van der Waals surface area (Å²) >= 11 is 0. The van der Waals surface area contributed by atoms with E-state index in [4.69, 9.17) is 4.11 Å². The van der Waals surface area contributed by atoms with Crippen molar-refractivity contribution < 1.29 is 4.11 Å². The molecule has 0 atom stereocenters. The molecule has 0 saturated carbocycles. The van der Waals surface area contributed by atoms with Crippen LogP contribution >= 0.6 is 0 Å². The predicted molar refractivity (Wildman–Crippen MR) is 110 cm³/mol. The number of aromatic nitrogens is 3. The summed E-state index contributed by atoms with van der Waals surface area (Å²) in [6, 6.07) is 21.2. The van der Waals surface area contributed by atoms with Gasteiger partial charge in [0.05, 0.1) is 4.11 Å². The van der Waals surface area contributed by atoms with E-state index in [0.717, 1.165) is 16.7 Å². The lowest BCUT2D eigenvalue weighted by molar-refractivity contribution is 0.766. The Kier molecular flexibility index (Phi) is 3.84. The number of rotatable bonds is 4. The lowest BCUT2D eigenvalue weighted by atomic mass is 10.0. The number of nitrogens with zero attached hydrogens (tertiary/aromatic N) is 3. The van der Waals surface area contributed by atoms with Crippen LogP contribution in [0.15, 0.2) is 84.9 Å². The first-order chi connectivity index (χ1) is 14.4. The minimum atomic E-state index is -0.103. The first-order valence-electron chi connectivity index (χ1n) is 10.4. The molecular formula is C24H21N3. The van der Waals surface area contributed by atoms with Crippen LogP contribution in [0, 0.1) is 0 Å². The van der Waals surface area contributed by atoms with Gasteiger partial charge in [0, 0.05) is 17.0 Å². The standard InChI is InChI=1S/C24H21N3/c1-17(2)22-25-23(20-11-7-4-8-12-20)27-24(26-22)21-15-13-19(14-16-21)18-9-5-3-6-10-18/h3-17H,1-2H3/i4D,7D,8D. The number of hydrogen-bond acceptors (Lipinski definition) is 3. The summed E-state index contributed by atoms with van der Waals surface area (Å²) in [5.41, 5.74) is 3.67. The molecule has 0 fully saturated rings. The van der Waals surface area contributed by atoms with Gasteiger partial charge in [-0.1, -0.05) is 98.7 Å². The average Bonchev–Trinajstić information content (AvgIpc) is 2.77. The predicted octanol–water partition coefficient (Wildman–Crippen LogP) is 6.00. The van der Waals surface area contributed by atoms with Gasteiger partial charge in [-0.25, -0.2) is 15.0 Å². The van der Waals surface area contributed by atoms with Gasteiger partial charge in [-0.15, -0.1) is 0 Å². The van der Waals surface area contributed by atoms with Gasteiger partial charge in [-0.3, -0.25) is 0 Å². The van der Waals surface area contributed by atoms with Gasteiger partial charge >= 0.3 is 0 Å². The van der Waals surface area contributed by atoms with Crippen molar-refractivity contribution in [3.05, 3.63) is 90.7 Å². The third kappa shape index (κ3) is 3.77. The van der Waals surface area contributed by atoms with Crippen LogP contribution in [0.25, 0.3) is 33.9 Å². The van der Waals surface area contributed by atoms with Crippen LogP contribution in [0.5, 0.6) is 0 Å². The normalized spacial score (nSPS) is 12.5. The second kappa shape index (κ2) is 7.50. The zero-order valence-electron chi connectivity index (χ0n) is 18.3. The molecule has 1 aromatic heterocycles. The lowest BCUT2D eigenvalue weighted by Crippen LogP contribution is -2.04. The maximum Gasteiger partial charge on any atom is 0.163 e. The van der Waals surface area contributed by atoms with E-state index < -0.39 is 0 Å². The molecule has 0 unspecified atom stereocenters. The largest absolute Gasteiger partial charge is 0.213 e. The van der Waals surface area contributed by atoms with Crippen LogP contribution in [0.4, 0.5) is 0 Å². The Balaban J connectivity index is 1.79. The zero-order valence-corrected chi connectivity index (χ0v) is 15.3. The molecule has 0 N–H and O–H groups in total.